The molecule has 1 atom stereocenters. The highest BCUT2D eigenvalue weighted by Crippen LogP contribution is 2.25. The molecule has 3 heteroatoms. The molecule has 2 aromatic rings. The summed E-state index contributed by atoms with van der Waals surface area (Å²) < 4.78 is 0. The van der Waals surface area contributed by atoms with Gasteiger partial charge in [-0.2, -0.15) is 0 Å². The van der Waals surface area contributed by atoms with Crippen LogP contribution in [0, 0.1) is 0 Å². The maximum atomic E-state index is 4.18. The first kappa shape index (κ1) is 13.2. The maximum absolute atomic E-state index is 4.18. The Labute approximate surface area is 113 Å². The van der Waals surface area contributed by atoms with Gasteiger partial charge in [-0.3, -0.25) is 4.98 Å². The Morgan fingerprint density at radius 1 is 1.22 bits per heavy atom. The summed E-state index contributed by atoms with van der Waals surface area (Å²) in [7, 11) is 0. The highest BCUT2D eigenvalue weighted by molar-refractivity contribution is 7.09. The molecule has 1 N–H and O–H groups in total. The van der Waals surface area contributed by atoms with E-state index in [9.17, 15) is 0 Å². The smallest absolute Gasteiger partial charge is 0.0794 e. The van der Waals surface area contributed by atoms with Crippen molar-refractivity contribution in [2.45, 2.75) is 32.7 Å². The van der Waals surface area contributed by atoms with E-state index < -0.39 is 0 Å². The summed E-state index contributed by atoms with van der Waals surface area (Å²) >= 11 is 1.71. The van der Waals surface area contributed by atoms with Gasteiger partial charge in [0, 0.05) is 11.1 Å². The molecule has 0 amide bonds. The van der Waals surface area contributed by atoms with Crippen molar-refractivity contribution in [2.24, 2.45) is 0 Å². The Morgan fingerprint density at radius 2 is 2.00 bits per heavy atom. The van der Waals surface area contributed by atoms with Crippen LogP contribution in [0.5, 0.6) is 0 Å². The van der Waals surface area contributed by atoms with Gasteiger partial charge >= 0.3 is 0 Å². The normalized spacial score (nSPS) is 12.6. The molecule has 0 saturated carbocycles. The second kappa shape index (κ2) is 6.66. The van der Waals surface area contributed by atoms with Gasteiger partial charge in [-0.05, 0) is 24.1 Å². The van der Waals surface area contributed by atoms with Crippen LogP contribution in [0.3, 0.4) is 0 Å². The zero-order chi connectivity index (χ0) is 12.8. The zero-order valence-corrected chi connectivity index (χ0v) is 11.8. The summed E-state index contributed by atoms with van der Waals surface area (Å²) in [6.45, 7) is 5.31. The van der Waals surface area contributed by atoms with Crippen molar-refractivity contribution in [3.05, 3.63) is 52.0 Å². The summed E-state index contributed by atoms with van der Waals surface area (Å²) in [6, 6.07) is 9.22. The van der Waals surface area contributed by atoms with E-state index in [-0.39, 0.29) is 6.04 Å². The van der Waals surface area contributed by atoms with E-state index in [4.69, 9.17) is 0 Å². The molecule has 0 aliphatic rings. The average Bonchev–Trinajstić information content (AvgIpc) is 2.91. The van der Waals surface area contributed by atoms with Gasteiger partial charge < -0.3 is 5.32 Å². The molecule has 0 aliphatic heterocycles. The van der Waals surface area contributed by atoms with Crippen LogP contribution in [0.4, 0.5) is 0 Å². The van der Waals surface area contributed by atoms with Gasteiger partial charge in [0.2, 0.25) is 0 Å². The molecule has 1 heterocycles. The fourth-order valence-corrected chi connectivity index (χ4v) is 2.84. The molecule has 0 spiro atoms. The Bertz CT molecular complexity index is 448. The van der Waals surface area contributed by atoms with Crippen LogP contribution in [-0.2, 0) is 6.42 Å². The number of nitrogens with one attached hydrogen (secondary N) is 1. The second-order valence-corrected chi connectivity index (χ2v) is 5.30. The minimum atomic E-state index is 0.276. The molecule has 1 aromatic heterocycles. The number of nitrogens with zero attached hydrogens (tertiary/aromatic N) is 1. The minimum Gasteiger partial charge on any atom is -0.306 e. The fourth-order valence-electron chi connectivity index (χ4n) is 2.12. The average molecular weight is 260 g/mol. The van der Waals surface area contributed by atoms with Gasteiger partial charge in [0.1, 0.15) is 0 Å². The third-order valence-corrected chi connectivity index (χ3v) is 3.84. The van der Waals surface area contributed by atoms with E-state index in [1.54, 1.807) is 11.3 Å². The van der Waals surface area contributed by atoms with E-state index in [1.165, 1.54) is 22.4 Å². The summed E-state index contributed by atoms with van der Waals surface area (Å²) in [5, 5.41) is 3.52. The van der Waals surface area contributed by atoms with Crippen molar-refractivity contribution in [2.75, 3.05) is 6.54 Å². The largest absolute Gasteiger partial charge is 0.306 e. The lowest BCUT2D eigenvalue weighted by Gasteiger charge is -2.16. The summed E-state index contributed by atoms with van der Waals surface area (Å²) in [4.78, 5) is 5.45. The molecule has 2 rings (SSSR count). The molecule has 96 valence electrons. The van der Waals surface area contributed by atoms with Crippen molar-refractivity contribution in [1.82, 2.24) is 10.3 Å². The first-order valence-corrected chi connectivity index (χ1v) is 7.43. The molecule has 0 fully saturated rings. The quantitative estimate of drug-likeness (QED) is 0.854. The van der Waals surface area contributed by atoms with Crippen LogP contribution in [0.1, 0.15) is 42.3 Å². The van der Waals surface area contributed by atoms with Crippen LogP contribution in [-0.4, -0.2) is 11.5 Å². The van der Waals surface area contributed by atoms with Crippen LogP contribution in [0.2, 0.25) is 0 Å². The van der Waals surface area contributed by atoms with Crippen LogP contribution < -0.4 is 5.32 Å². The van der Waals surface area contributed by atoms with Crippen LogP contribution in [0.15, 0.2) is 36.0 Å². The first-order chi connectivity index (χ1) is 8.85. The molecule has 0 aliphatic carbocycles. The lowest BCUT2D eigenvalue weighted by molar-refractivity contribution is 0.638. The first-order valence-electron chi connectivity index (χ1n) is 6.55. The third kappa shape index (κ3) is 3.18. The van der Waals surface area contributed by atoms with Gasteiger partial charge in [-0.15, -0.1) is 11.3 Å². The SMILES string of the molecule is CCCc1ccc(C(NCC)c2cncs2)cc1. The van der Waals surface area contributed by atoms with E-state index >= 15 is 0 Å². The Hall–Kier alpha value is -1.19. The fraction of sp³-hybridized carbons (Fsp3) is 0.400. The van der Waals surface area contributed by atoms with Gasteiger partial charge in [-0.1, -0.05) is 44.5 Å². The van der Waals surface area contributed by atoms with Crippen LogP contribution in [0.25, 0.3) is 0 Å². The Kier molecular flexibility index (Phi) is 4.90. The molecule has 2 nitrogen and oxygen atoms in total. The predicted octanol–water partition coefficient (Wildman–Crippen LogP) is 3.79. The Morgan fingerprint density at radius 3 is 2.56 bits per heavy atom. The molecular weight excluding hydrogens is 240 g/mol. The molecular formula is C15H20N2S. The van der Waals surface area contributed by atoms with Crippen molar-refractivity contribution in [1.29, 1.82) is 0 Å². The summed E-state index contributed by atoms with van der Waals surface area (Å²) in [5.41, 5.74) is 4.63. The lowest BCUT2D eigenvalue weighted by atomic mass is 10.0. The predicted molar refractivity (Wildman–Crippen MR) is 78.1 cm³/mol. The standard InChI is InChI=1S/C15H20N2S/c1-3-5-12-6-8-13(9-7-12)15(17-4-2)14-10-16-11-18-14/h6-11,15,17H,3-5H2,1-2H3. The molecule has 0 bridgehead atoms. The lowest BCUT2D eigenvalue weighted by Crippen LogP contribution is -2.21. The van der Waals surface area contributed by atoms with E-state index in [0.717, 1.165) is 13.0 Å². The maximum Gasteiger partial charge on any atom is 0.0794 e. The van der Waals surface area contributed by atoms with E-state index in [1.807, 2.05) is 11.7 Å². The molecule has 0 radical (unpaired) electrons. The highest BCUT2D eigenvalue weighted by atomic mass is 32.1. The van der Waals surface area contributed by atoms with Crippen molar-refractivity contribution >= 4 is 11.3 Å². The van der Waals surface area contributed by atoms with E-state index in [2.05, 4.69) is 48.4 Å². The summed E-state index contributed by atoms with van der Waals surface area (Å²) in [6.07, 6.45) is 4.31. The summed E-state index contributed by atoms with van der Waals surface area (Å²) in [5.74, 6) is 0. The van der Waals surface area contributed by atoms with Gasteiger partial charge in [-0.25, -0.2) is 0 Å². The second-order valence-electron chi connectivity index (χ2n) is 4.39. The Balaban J connectivity index is 2.20. The van der Waals surface area contributed by atoms with Crippen LogP contribution >= 0.6 is 11.3 Å². The minimum absolute atomic E-state index is 0.276. The molecule has 0 saturated heterocycles. The van der Waals surface area contributed by atoms with E-state index in [0.29, 0.717) is 0 Å². The zero-order valence-electron chi connectivity index (χ0n) is 11.0. The van der Waals surface area contributed by atoms with Gasteiger partial charge in [0.05, 0.1) is 11.6 Å². The number of hydrogen-bond donors (Lipinski definition) is 1. The number of aryl methyl sites for hydroxylation is 1. The molecule has 1 aromatic carbocycles. The molecule has 1 unspecified atom stereocenters. The highest BCUT2D eigenvalue weighted by Gasteiger charge is 2.14. The number of aromatic nitrogens is 1. The van der Waals surface area contributed by atoms with Gasteiger partial charge in [0.25, 0.3) is 0 Å². The number of benzene rings is 1. The third-order valence-electron chi connectivity index (χ3n) is 3.00. The van der Waals surface area contributed by atoms with Crippen molar-refractivity contribution in [3.8, 4) is 0 Å². The monoisotopic (exact) mass is 260 g/mol. The molecule has 18 heavy (non-hydrogen) atoms. The topological polar surface area (TPSA) is 24.9 Å². The number of thiazole rings is 1. The number of hydrogen-bond acceptors (Lipinski definition) is 3. The number of rotatable bonds is 6. The van der Waals surface area contributed by atoms with Gasteiger partial charge in [0.15, 0.2) is 0 Å². The van der Waals surface area contributed by atoms with Crippen molar-refractivity contribution < 1.29 is 0 Å². The van der Waals surface area contributed by atoms with Crippen molar-refractivity contribution in [3.63, 3.8) is 0 Å².